The maximum absolute atomic E-state index is 12.3. The van der Waals surface area contributed by atoms with Gasteiger partial charge in [0.05, 0.1) is 30.1 Å². The van der Waals surface area contributed by atoms with Gasteiger partial charge in [0.25, 0.3) is 5.79 Å². The Bertz CT molecular complexity index is 1140. The van der Waals surface area contributed by atoms with Crippen LogP contribution >= 0.6 is 11.6 Å². The Hall–Kier alpha value is -3.10. The summed E-state index contributed by atoms with van der Waals surface area (Å²) >= 11 is 6.58. The van der Waals surface area contributed by atoms with Gasteiger partial charge in [-0.1, -0.05) is 44.5 Å². The summed E-state index contributed by atoms with van der Waals surface area (Å²) < 4.78 is 17.0. The average Bonchev–Trinajstić information content (AvgIpc) is 3.09. The van der Waals surface area contributed by atoms with Crippen LogP contribution in [0, 0.1) is 5.41 Å². The summed E-state index contributed by atoms with van der Waals surface area (Å²) in [5, 5.41) is 7.13. The second-order valence-corrected chi connectivity index (χ2v) is 10.4. The number of ether oxygens (including phenoxy) is 3. The number of rotatable bonds is 6. The lowest BCUT2D eigenvalue weighted by molar-refractivity contribution is -0.225. The quantitative estimate of drug-likeness (QED) is 0.555. The predicted octanol–water partition coefficient (Wildman–Crippen LogP) is 4.12. The molecule has 0 aromatic heterocycles. The molecule has 1 saturated heterocycles. The lowest BCUT2D eigenvalue weighted by atomic mass is 9.91. The van der Waals surface area contributed by atoms with Gasteiger partial charge in [-0.3, -0.25) is 14.4 Å². The number of ketones is 1. The zero-order valence-corrected chi connectivity index (χ0v) is 21.5. The molecule has 2 aliphatic heterocycles. The van der Waals surface area contributed by atoms with Gasteiger partial charge >= 0.3 is 11.9 Å². The zero-order valence-electron chi connectivity index (χ0n) is 20.7. The first-order valence-corrected chi connectivity index (χ1v) is 12.4. The monoisotopic (exact) mass is 514 g/mol. The van der Waals surface area contributed by atoms with Crippen molar-refractivity contribution >= 4 is 35.0 Å². The third-order valence-corrected chi connectivity index (χ3v) is 6.59. The summed E-state index contributed by atoms with van der Waals surface area (Å²) in [6, 6.07) is 10.9. The maximum Gasteiger partial charge on any atom is 0.309 e. The molecule has 0 amide bonds. The van der Waals surface area contributed by atoms with E-state index in [1.807, 2.05) is 45.0 Å². The van der Waals surface area contributed by atoms with Gasteiger partial charge in [0, 0.05) is 17.5 Å². The van der Waals surface area contributed by atoms with Crippen molar-refractivity contribution in [2.24, 2.45) is 5.41 Å². The number of carbonyl (C=O) groups is 3. The van der Waals surface area contributed by atoms with E-state index in [9.17, 15) is 14.4 Å². The Kier molecular flexibility index (Phi) is 7.57. The number of Topliss-reactive ketones (excluding diaryl/α,β-unsaturated/α-hetero) is 1. The molecule has 0 aliphatic carbocycles. The molecule has 36 heavy (non-hydrogen) atoms. The van der Waals surface area contributed by atoms with Gasteiger partial charge in [-0.2, -0.15) is 0 Å². The first-order valence-electron chi connectivity index (χ1n) is 12.0. The number of carbonyl (C=O) groups excluding carboxylic acids is 3. The maximum atomic E-state index is 12.3. The van der Waals surface area contributed by atoms with Crippen LogP contribution in [0.4, 0.5) is 5.69 Å². The molecule has 2 aromatic rings. The highest BCUT2D eigenvalue weighted by Gasteiger charge is 2.46. The number of nitrogens with one attached hydrogen (secondary N) is 2. The molecular weight excluding hydrogens is 484 g/mol. The Balaban J connectivity index is 1.52. The summed E-state index contributed by atoms with van der Waals surface area (Å²) in [6.45, 7) is 6.85. The first kappa shape index (κ1) is 26.0. The number of hydrogen-bond donors (Lipinski definition) is 2. The van der Waals surface area contributed by atoms with E-state index >= 15 is 0 Å². The molecule has 1 fully saturated rings. The molecule has 2 aromatic carbocycles. The van der Waals surface area contributed by atoms with Crippen LogP contribution in [0.5, 0.6) is 5.75 Å². The van der Waals surface area contributed by atoms with Crippen molar-refractivity contribution in [2.75, 3.05) is 25.0 Å². The first-order chi connectivity index (χ1) is 17.1. The number of benzene rings is 2. The number of halogens is 1. The normalized spacial score (nSPS) is 17.3. The summed E-state index contributed by atoms with van der Waals surface area (Å²) in [5.74, 6) is -1.84. The van der Waals surface area contributed by atoms with Crippen LogP contribution in [0.25, 0.3) is 0 Å². The number of hydrogen-bond acceptors (Lipinski definition) is 8. The van der Waals surface area contributed by atoms with Crippen molar-refractivity contribution in [1.29, 1.82) is 0 Å². The van der Waals surface area contributed by atoms with Gasteiger partial charge in [-0.05, 0) is 48.4 Å². The highest BCUT2D eigenvalue weighted by atomic mass is 35.5. The van der Waals surface area contributed by atoms with E-state index in [2.05, 4.69) is 10.6 Å². The molecular formula is C27H31ClN2O6. The van der Waals surface area contributed by atoms with Crippen molar-refractivity contribution in [1.82, 2.24) is 5.32 Å². The largest absolute Gasteiger partial charge is 0.486 e. The minimum absolute atomic E-state index is 0.0152. The summed E-state index contributed by atoms with van der Waals surface area (Å²) in [4.78, 5) is 36.7. The Morgan fingerprint density at radius 1 is 1.06 bits per heavy atom. The van der Waals surface area contributed by atoms with Crippen molar-refractivity contribution in [3.63, 3.8) is 0 Å². The number of esters is 2. The fourth-order valence-corrected chi connectivity index (χ4v) is 4.37. The minimum Gasteiger partial charge on any atom is -0.486 e. The highest BCUT2D eigenvalue weighted by molar-refractivity contribution is 6.33. The van der Waals surface area contributed by atoms with Crippen LogP contribution in [0.15, 0.2) is 36.4 Å². The lowest BCUT2D eigenvalue weighted by Crippen LogP contribution is -2.43. The number of anilines is 1. The molecule has 0 bridgehead atoms. The molecule has 0 unspecified atom stereocenters. The van der Waals surface area contributed by atoms with E-state index in [4.69, 9.17) is 25.8 Å². The fourth-order valence-electron chi connectivity index (χ4n) is 4.12. The minimum atomic E-state index is -1.53. The van der Waals surface area contributed by atoms with E-state index < -0.39 is 23.1 Å². The Morgan fingerprint density at radius 2 is 1.72 bits per heavy atom. The average molecular weight is 515 g/mol. The molecule has 1 spiro atoms. The molecule has 9 heteroatoms. The highest BCUT2D eigenvalue weighted by Crippen LogP contribution is 2.40. The molecule has 2 N–H and O–H groups in total. The molecule has 0 radical (unpaired) electrons. The molecule has 0 saturated carbocycles. The molecule has 2 aliphatic rings. The van der Waals surface area contributed by atoms with Crippen LogP contribution in [-0.2, 0) is 42.6 Å². The van der Waals surface area contributed by atoms with Gasteiger partial charge in [0.15, 0.2) is 5.78 Å². The van der Waals surface area contributed by atoms with Crippen LogP contribution in [0.3, 0.4) is 0 Å². The SMILES string of the molecule is CC(C)(C)C(=O)COc1ccc(CNc2c(Cl)ccc3c2CCNCC32OC(=O)CCC(=O)O2)cc1. The molecule has 0 atom stereocenters. The second kappa shape index (κ2) is 10.5. The summed E-state index contributed by atoms with van der Waals surface area (Å²) in [6.07, 6.45) is 0.570. The molecule has 4 rings (SSSR count). The van der Waals surface area contributed by atoms with E-state index in [0.29, 0.717) is 41.5 Å². The lowest BCUT2D eigenvalue weighted by Gasteiger charge is -2.32. The van der Waals surface area contributed by atoms with Crippen molar-refractivity contribution in [3.05, 3.63) is 58.1 Å². The summed E-state index contributed by atoms with van der Waals surface area (Å²) in [7, 11) is 0. The predicted molar refractivity (Wildman–Crippen MR) is 135 cm³/mol. The third-order valence-electron chi connectivity index (χ3n) is 6.27. The number of fused-ring (bicyclic) bond motifs is 2. The van der Waals surface area contributed by atoms with Crippen LogP contribution in [0.1, 0.15) is 50.3 Å². The zero-order chi connectivity index (χ0) is 25.9. The smallest absolute Gasteiger partial charge is 0.309 e. The topological polar surface area (TPSA) is 103 Å². The van der Waals surface area contributed by atoms with Crippen molar-refractivity contribution in [2.45, 2.75) is 52.4 Å². The van der Waals surface area contributed by atoms with E-state index in [-0.39, 0.29) is 31.8 Å². The fraction of sp³-hybridized carbons (Fsp3) is 0.444. The molecule has 2 heterocycles. The van der Waals surface area contributed by atoms with E-state index in [0.717, 1.165) is 11.1 Å². The van der Waals surface area contributed by atoms with Gasteiger partial charge in [-0.15, -0.1) is 0 Å². The van der Waals surface area contributed by atoms with Crippen molar-refractivity contribution < 1.29 is 28.6 Å². The van der Waals surface area contributed by atoms with Crippen LogP contribution in [0.2, 0.25) is 5.02 Å². The Labute approximate surface area is 215 Å². The Morgan fingerprint density at radius 3 is 2.36 bits per heavy atom. The van der Waals surface area contributed by atoms with Gasteiger partial charge in [0.1, 0.15) is 12.4 Å². The van der Waals surface area contributed by atoms with Gasteiger partial charge in [0.2, 0.25) is 0 Å². The van der Waals surface area contributed by atoms with Crippen LogP contribution in [-0.4, -0.2) is 37.4 Å². The third kappa shape index (κ3) is 5.82. The van der Waals surface area contributed by atoms with Gasteiger partial charge in [-0.25, -0.2) is 0 Å². The van der Waals surface area contributed by atoms with Crippen LogP contribution < -0.4 is 15.4 Å². The molecule has 8 nitrogen and oxygen atoms in total. The van der Waals surface area contributed by atoms with Gasteiger partial charge < -0.3 is 24.8 Å². The second-order valence-electron chi connectivity index (χ2n) is 10.0. The van der Waals surface area contributed by atoms with E-state index in [1.165, 1.54) is 0 Å². The molecule has 192 valence electrons. The van der Waals surface area contributed by atoms with Crippen molar-refractivity contribution in [3.8, 4) is 5.75 Å². The standard InChI is InChI=1S/C27H31ClN2O6/c1-26(2,3)22(31)15-34-18-6-4-17(5-7-18)14-30-25-19-12-13-29-16-27(20(19)8-9-21(25)28)35-23(32)10-11-24(33)36-27/h4-9,29-30H,10-16H2,1-3H3. The summed E-state index contributed by atoms with van der Waals surface area (Å²) in [5.41, 5.74) is 2.67. The van der Waals surface area contributed by atoms with E-state index in [1.54, 1.807) is 12.1 Å².